The van der Waals surface area contributed by atoms with Crippen molar-refractivity contribution in [2.75, 3.05) is 11.0 Å². The van der Waals surface area contributed by atoms with E-state index in [4.69, 9.17) is 4.74 Å². The zero-order valence-corrected chi connectivity index (χ0v) is 13.8. The third kappa shape index (κ3) is 5.42. The number of halogens is 1. The number of carbonyl (C=O) groups excluding carboxylic acids is 1. The Balaban J connectivity index is 2.50. The molecule has 3 nitrogen and oxygen atoms in total. The first kappa shape index (κ1) is 15.5. The molecule has 0 amide bonds. The Morgan fingerprint density at radius 2 is 2.28 bits per heavy atom. The van der Waals surface area contributed by atoms with Crippen molar-refractivity contribution in [1.82, 2.24) is 0 Å². The quantitative estimate of drug-likeness (QED) is 0.276. The SMILES string of the molecule is CCOC(=O)CCC1=CC(C)=C([OH+]C(C)C)[I-]C1. The molecule has 1 aliphatic heterocycles. The van der Waals surface area contributed by atoms with Crippen molar-refractivity contribution in [3.8, 4) is 0 Å². The molecule has 1 N–H and O–H groups in total. The molecule has 1 heterocycles. The third-order valence-electron chi connectivity index (χ3n) is 2.44. The van der Waals surface area contributed by atoms with Crippen LogP contribution in [0.4, 0.5) is 0 Å². The van der Waals surface area contributed by atoms with Crippen molar-refractivity contribution in [3.05, 3.63) is 21.0 Å². The molecule has 0 aromatic rings. The molecule has 1 rings (SSSR count). The fourth-order valence-electron chi connectivity index (χ4n) is 1.66. The summed E-state index contributed by atoms with van der Waals surface area (Å²) < 4.78 is 12.1. The van der Waals surface area contributed by atoms with Crippen LogP contribution in [-0.4, -0.2) is 27.8 Å². The van der Waals surface area contributed by atoms with Gasteiger partial charge in [-0.3, -0.25) is 0 Å². The topological polar surface area (TPSA) is 39.1 Å². The van der Waals surface area contributed by atoms with Gasteiger partial charge in [-0.1, -0.05) is 0 Å². The van der Waals surface area contributed by atoms with Crippen LogP contribution in [-0.2, 0) is 9.53 Å². The first-order valence-corrected chi connectivity index (χ1v) is 8.99. The summed E-state index contributed by atoms with van der Waals surface area (Å²) >= 11 is -0.0133. The van der Waals surface area contributed by atoms with E-state index in [0.29, 0.717) is 19.1 Å². The number of allylic oxidation sites excluding steroid dienone is 3. The van der Waals surface area contributed by atoms with Gasteiger partial charge in [0.15, 0.2) is 0 Å². The number of carbonyl (C=O) groups is 1. The van der Waals surface area contributed by atoms with Crippen molar-refractivity contribution >= 4 is 5.97 Å². The number of rotatable bonds is 6. The van der Waals surface area contributed by atoms with E-state index in [0.717, 1.165) is 10.8 Å². The summed E-state index contributed by atoms with van der Waals surface area (Å²) in [4.78, 5) is 11.3. The van der Waals surface area contributed by atoms with E-state index in [2.05, 4.69) is 31.6 Å². The number of alkyl halides is 1. The van der Waals surface area contributed by atoms with Crippen LogP contribution in [0.5, 0.6) is 0 Å². The summed E-state index contributed by atoms with van der Waals surface area (Å²) in [5.41, 5.74) is 2.68. The zero-order chi connectivity index (χ0) is 13.5. The molecule has 1 aliphatic rings. The van der Waals surface area contributed by atoms with Crippen molar-refractivity contribution < 1.29 is 35.5 Å². The van der Waals surface area contributed by atoms with Crippen LogP contribution < -0.4 is 21.2 Å². The van der Waals surface area contributed by atoms with Crippen LogP contribution >= 0.6 is 0 Å². The standard InChI is InChI=1S/C14H22IO3/c1-5-17-13(16)7-6-12-8-11(4)14(15-9-12)18-10(2)3/h8,10H,5-7,9H2,1-4H3/q-1/p+1. The second kappa shape index (κ2) is 7.81. The zero-order valence-electron chi connectivity index (χ0n) is 11.6. The van der Waals surface area contributed by atoms with E-state index in [1.54, 1.807) is 0 Å². The van der Waals surface area contributed by atoms with E-state index < -0.39 is 0 Å². The monoisotopic (exact) mass is 366 g/mol. The number of esters is 1. The Hall–Kier alpha value is -0.520. The van der Waals surface area contributed by atoms with Crippen LogP contribution in [0.15, 0.2) is 21.0 Å². The fraction of sp³-hybridized carbons (Fsp3) is 0.643. The van der Waals surface area contributed by atoms with Crippen LogP contribution in [0.3, 0.4) is 0 Å². The summed E-state index contributed by atoms with van der Waals surface area (Å²) in [6.45, 7) is 8.68. The molecule has 0 radical (unpaired) electrons. The second-order valence-corrected chi connectivity index (χ2v) is 7.12. The van der Waals surface area contributed by atoms with E-state index in [-0.39, 0.29) is 27.2 Å². The number of ether oxygens (including phenoxy) is 2. The van der Waals surface area contributed by atoms with Gasteiger partial charge in [-0.15, -0.1) is 0 Å². The Morgan fingerprint density at radius 1 is 1.56 bits per heavy atom. The summed E-state index contributed by atoms with van der Waals surface area (Å²) in [7, 11) is 0. The van der Waals surface area contributed by atoms with E-state index in [1.165, 1.54) is 14.9 Å². The van der Waals surface area contributed by atoms with Crippen LogP contribution in [0.2, 0.25) is 0 Å². The number of hydrogen-bond acceptors (Lipinski definition) is 2. The molecule has 18 heavy (non-hydrogen) atoms. The summed E-state index contributed by atoms with van der Waals surface area (Å²) in [5.74, 6) is -0.0871. The molecule has 4 heteroatoms. The average molecular weight is 366 g/mol. The molecule has 0 saturated carbocycles. The molecule has 0 spiro atoms. The van der Waals surface area contributed by atoms with Gasteiger partial charge in [0.1, 0.15) is 0 Å². The Kier molecular flexibility index (Phi) is 6.75. The van der Waals surface area contributed by atoms with Gasteiger partial charge in [0, 0.05) is 0 Å². The molecule has 0 saturated heterocycles. The molecule has 0 unspecified atom stereocenters. The normalized spacial score (nSPS) is 16.2. The van der Waals surface area contributed by atoms with Gasteiger partial charge < -0.3 is 0 Å². The first-order chi connectivity index (χ1) is 8.52. The van der Waals surface area contributed by atoms with E-state index >= 15 is 0 Å². The van der Waals surface area contributed by atoms with Gasteiger partial charge in [-0.2, -0.15) is 0 Å². The average Bonchev–Trinajstić information content (AvgIpc) is 2.29. The molecule has 0 atom stereocenters. The predicted molar refractivity (Wildman–Crippen MR) is 68.9 cm³/mol. The van der Waals surface area contributed by atoms with Gasteiger partial charge in [0.05, 0.1) is 0 Å². The van der Waals surface area contributed by atoms with Crippen LogP contribution in [0, 0.1) is 0 Å². The molecule has 0 fully saturated rings. The summed E-state index contributed by atoms with van der Waals surface area (Å²) in [6.07, 6.45) is 3.94. The molecule has 0 aromatic heterocycles. The van der Waals surface area contributed by atoms with Crippen molar-refractivity contribution in [2.45, 2.75) is 46.6 Å². The third-order valence-corrected chi connectivity index (χ3v) is 5.65. The van der Waals surface area contributed by atoms with Crippen molar-refractivity contribution in [2.24, 2.45) is 0 Å². The van der Waals surface area contributed by atoms with Gasteiger partial charge in [-0.25, -0.2) is 0 Å². The summed E-state index contributed by atoms with van der Waals surface area (Å²) in [5, 5.41) is 0. The molecular weight excluding hydrogens is 343 g/mol. The van der Waals surface area contributed by atoms with Gasteiger partial charge >= 0.3 is 120 Å². The van der Waals surface area contributed by atoms with Crippen molar-refractivity contribution in [1.29, 1.82) is 0 Å². The van der Waals surface area contributed by atoms with Crippen molar-refractivity contribution in [3.63, 3.8) is 0 Å². The Morgan fingerprint density at radius 3 is 2.83 bits per heavy atom. The summed E-state index contributed by atoms with van der Waals surface area (Å²) in [6, 6.07) is 0. The van der Waals surface area contributed by atoms with E-state index in [1.807, 2.05) is 6.92 Å². The van der Waals surface area contributed by atoms with Gasteiger partial charge in [-0.05, 0) is 0 Å². The van der Waals surface area contributed by atoms with Crippen LogP contribution in [0.25, 0.3) is 0 Å². The fourth-order valence-corrected chi connectivity index (χ4v) is 4.62. The molecular formula is C14H23IO3. The minimum atomic E-state index is -0.0871. The Bertz CT molecular complexity index is 356. The number of hydrogen-bond donors (Lipinski definition) is 0. The first-order valence-electron chi connectivity index (χ1n) is 6.38. The van der Waals surface area contributed by atoms with Gasteiger partial charge in [0.2, 0.25) is 0 Å². The van der Waals surface area contributed by atoms with E-state index in [9.17, 15) is 4.79 Å². The van der Waals surface area contributed by atoms with Gasteiger partial charge in [0.25, 0.3) is 0 Å². The predicted octanol–water partition coefficient (Wildman–Crippen LogP) is -0.473. The maximum atomic E-state index is 11.3. The Labute approximate surface area is 120 Å². The molecule has 0 bridgehead atoms. The second-order valence-electron chi connectivity index (χ2n) is 4.57. The minimum absolute atomic E-state index is 0.0133. The molecule has 104 valence electrons. The van der Waals surface area contributed by atoms with Crippen LogP contribution in [0.1, 0.15) is 40.5 Å². The number of aliphatic hydroxyl groups is 2. The molecule has 0 aliphatic carbocycles. The molecule has 0 aromatic carbocycles. The maximum absolute atomic E-state index is 11.3.